The lowest BCUT2D eigenvalue weighted by Crippen LogP contribution is -2.40. The van der Waals surface area contributed by atoms with Crippen molar-refractivity contribution in [2.45, 2.75) is 38.3 Å². The molecule has 5 N–H and O–H groups in total. The third kappa shape index (κ3) is 4.54. The summed E-state index contributed by atoms with van der Waals surface area (Å²) in [6, 6.07) is 13.0. The van der Waals surface area contributed by atoms with Gasteiger partial charge in [0.15, 0.2) is 0 Å². The molecule has 180 valence electrons. The van der Waals surface area contributed by atoms with Gasteiger partial charge in [-0.15, -0.1) is 0 Å². The SMILES string of the molecule is CCNC(=O)N1CC2(CC2)c2ccc(NC(=O)c3cccnc3NCc3ccnc(CN)c3)cc21. The van der Waals surface area contributed by atoms with Crippen molar-refractivity contribution >= 4 is 29.1 Å². The highest BCUT2D eigenvalue weighted by Crippen LogP contribution is 2.56. The Labute approximate surface area is 204 Å². The molecule has 2 aromatic heterocycles. The molecule has 1 saturated carbocycles. The van der Waals surface area contributed by atoms with Gasteiger partial charge in [-0.05, 0) is 67.3 Å². The molecule has 3 aromatic rings. The Hall–Kier alpha value is -3.98. The fourth-order valence-corrected chi connectivity index (χ4v) is 4.62. The quantitative estimate of drug-likeness (QED) is 0.419. The molecule has 35 heavy (non-hydrogen) atoms. The maximum atomic E-state index is 13.2. The van der Waals surface area contributed by atoms with Gasteiger partial charge in [0.2, 0.25) is 0 Å². The average Bonchev–Trinajstić information content (AvgIpc) is 3.59. The molecule has 1 spiro atoms. The van der Waals surface area contributed by atoms with Crippen LogP contribution in [-0.2, 0) is 18.5 Å². The van der Waals surface area contributed by atoms with Crippen molar-refractivity contribution in [3.63, 3.8) is 0 Å². The van der Waals surface area contributed by atoms with Gasteiger partial charge in [-0.2, -0.15) is 0 Å². The molecule has 9 heteroatoms. The summed E-state index contributed by atoms with van der Waals surface area (Å²) in [5.41, 5.74) is 10.7. The second kappa shape index (κ2) is 9.34. The largest absolute Gasteiger partial charge is 0.365 e. The average molecular weight is 472 g/mol. The number of hydrogen-bond acceptors (Lipinski definition) is 6. The zero-order valence-corrected chi connectivity index (χ0v) is 19.7. The first kappa shape index (κ1) is 22.8. The van der Waals surface area contributed by atoms with Crippen molar-refractivity contribution in [2.75, 3.05) is 28.6 Å². The number of pyridine rings is 2. The minimum Gasteiger partial charge on any atom is -0.365 e. The maximum absolute atomic E-state index is 13.2. The minimum absolute atomic E-state index is 0.0696. The summed E-state index contributed by atoms with van der Waals surface area (Å²) in [5, 5.41) is 9.12. The molecule has 3 amide bonds. The van der Waals surface area contributed by atoms with Crippen LogP contribution < -0.4 is 26.6 Å². The third-order valence-electron chi connectivity index (χ3n) is 6.61. The van der Waals surface area contributed by atoms with Crippen LogP contribution >= 0.6 is 0 Å². The molecule has 0 bridgehead atoms. The number of hydrogen-bond donors (Lipinski definition) is 4. The number of rotatable bonds is 7. The molecule has 5 rings (SSSR count). The molecule has 1 fully saturated rings. The van der Waals surface area contributed by atoms with E-state index in [1.54, 1.807) is 29.4 Å². The number of nitrogens with zero attached hydrogens (tertiary/aromatic N) is 3. The Morgan fingerprint density at radius 2 is 1.97 bits per heavy atom. The second-order valence-electron chi connectivity index (χ2n) is 9.00. The van der Waals surface area contributed by atoms with Crippen LogP contribution in [0.2, 0.25) is 0 Å². The van der Waals surface area contributed by atoms with Gasteiger partial charge < -0.3 is 21.7 Å². The Balaban J connectivity index is 1.33. The number of nitrogens with two attached hydrogens (primary N) is 1. The fraction of sp³-hybridized carbons (Fsp3) is 0.308. The Morgan fingerprint density at radius 3 is 2.74 bits per heavy atom. The molecule has 2 aliphatic rings. The van der Waals surface area contributed by atoms with Crippen molar-refractivity contribution < 1.29 is 9.59 Å². The molecule has 3 heterocycles. The number of anilines is 3. The van der Waals surface area contributed by atoms with Crippen LogP contribution in [0.5, 0.6) is 0 Å². The topological polar surface area (TPSA) is 125 Å². The van der Waals surface area contributed by atoms with Gasteiger partial charge in [-0.1, -0.05) is 6.07 Å². The molecule has 1 aliphatic carbocycles. The maximum Gasteiger partial charge on any atom is 0.321 e. The lowest BCUT2D eigenvalue weighted by Gasteiger charge is -2.18. The van der Waals surface area contributed by atoms with Gasteiger partial charge in [0.25, 0.3) is 5.91 Å². The number of aromatic nitrogens is 2. The zero-order valence-electron chi connectivity index (χ0n) is 19.7. The molecular formula is C26H29N7O2. The first-order chi connectivity index (χ1) is 17.0. The van der Waals surface area contributed by atoms with Crippen molar-refractivity contribution in [1.82, 2.24) is 15.3 Å². The minimum atomic E-state index is -0.276. The summed E-state index contributed by atoms with van der Waals surface area (Å²) in [6.45, 7) is 4.00. The summed E-state index contributed by atoms with van der Waals surface area (Å²) in [6.07, 6.45) is 5.52. The van der Waals surface area contributed by atoms with Crippen molar-refractivity contribution in [3.05, 3.63) is 77.2 Å². The van der Waals surface area contributed by atoms with E-state index in [4.69, 9.17) is 5.73 Å². The Bertz CT molecular complexity index is 1270. The molecule has 1 aliphatic heterocycles. The number of amides is 3. The molecule has 0 radical (unpaired) electrons. The zero-order chi connectivity index (χ0) is 24.4. The Kier molecular flexibility index (Phi) is 6.08. The van der Waals surface area contributed by atoms with Crippen molar-refractivity contribution in [3.8, 4) is 0 Å². The first-order valence-corrected chi connectivity index (χ1v) is 11.9. The molecule has 0 saturated heterocycles. The van der Waals surface area contributed by atoms with E-state index in [9.17, 15) is 9.59 Å². The van der Waals surface area contributed by atoms with E-state index in [1.165, 1.54) is 5.56 Å². The standard InChI is InChI=1S/C26H29N7O2/c1-2-28-25(35)33-16-26(8-9-26)21-6-5-18(13-22(21)33)32-24(34)20-4-3-10-30-23(20)31-15-17-7-11-29-19(12-17)14-27/h3-7,10-13H,2,8-9,14-16,27H2,1H3,(H,28,35)(H,30,31)(H,32,34). The van der Waals surface area contributed by atoms with E-state index in [-0.39, 0.29) is 17.4 Å². The number of urea groups is 1. The van der Waals surface area contributed by atoms with Crippen molar-refractivity contribution in [2.24, 2.45) is 5.73 Å². The Morgan fingerprint density at radius 1 is 1.11 bits per heavy atom. The van der Waals surface area contributed by atoms with E-state index in [2.05, 4.69) is 25.9 Å². The van der Waals surface area contributed by atoms with Crippen molar-refractivity contribution in [1.29, 1.82) is 0 Å². The highest BCUT2D eigenvalue weighted by atomic mass is 16.2. The van der Waals surface area contributed by atoms with Crippen LogP contribution in [0.3, 0.4) is 0 Å². The molecule has 1 aromatic carbocycles. The van der Waals surface area contributed by atoms with Crippen LogP contribution in [0.25, 0.3) is 0 Å². The van der Waals surface area contributed by atoms with Crippen LogP contribution in [0.4, 0.5) is 22.0 Å². The monoisotopic (exact) mass is 471 g/mol. The van der Waals surface area contributed by atoms with E-state index < -0.39 is 0 Å². The van der Waals surface area contributed by atoms with Crippen LogP contribution in [0.1, 0.15) is 46.9 Å². The number of carbonyl (C=O) groups is 2. The van der Waals surface area contributed by atoms with E-state index in [0.29, 0.717) is 43.2 Å². The molecular weight excluding hydrogens is 442 g/mol. The highest BCUT2D eigenvalue weighted by Gasteiger charge is 2.53. The second-order valence-corrected chi connectivity index (χ2v) is 9.00. The first-order valence-electron chi connectivity index (χ1n) is 11.9. The van der Waals surface area contributed by atoms with Gasteiger partial charge in [0.1, 0.15) is 5.82 Å². The van der Waals surface area contributed by atoms with E-state index >= 15 is 0 Å². The summed E-state index contributed by atoms with van der Waals surface area (Å²) < 4.78 is 0. The summed E-state index contributed by atoms with van der Waals surface area (Å²) in [5.74, 6) is 0.208. The third-order valence-corrected chi connectivity index (χ3v) is 6.61. The van der Waals surface area contributed by atoms with Gasteiger partial charge in [0, 0.05) is 49.7 Å². The number of nitrogens with one attached hydrogen (secondary N) is 3. The van der Waals surface area contributed by atoms with Crippen LogP contribution in [0.15, 0.2) is 54.9 Å². The molecule has 9 nitrogen and oxygen atoms in total. The molecule has 0 unspecified atom stereocenters. The van der Waals surface area contributed by atoms with E-state index in [1.807, 2.05) is 37.3 Å². The predicted octanol–water partition coefficient (Wildman–Crippen LogP) is 3.38. The fourth-order valence-electron chi connectivity index (χ4n) is 4.62. The number of benzene rings is 1. The van der Waals surface area contributed by atoms with Gasteiger partial charge in [-0.25, -0.2) is 9.78 Å². The number of carbonyl (C=O) groups excluding carboxylic acids is 2. The number of fused-ring (bicyclic) bond motifs is 2. The lowest BCUT2D eigenvalue weighted by molar-refractivity contribution is 0.102. The lowest BCUT2D eigenvalue weighted by atomic mass is 9.98. The highest BCUT2D eigenvalue weighted by molar-refractivity contribution is 6.08. The van der Waals surface area contributed by atoms with E-state index in [0.717, 1.165) is 29.8 Å². The van der Waals surface area contributed by atoms with Gasteiger partial charge >= 0.3 is 6.03 Å². The van der Waals surface area contributed by atoms with Gasteiger partial charge in [0.05, 0.1) is 16.9 Å². The van der Waals surface area contributed by atoms with Gasteiger partial charge in [-0.3, -0.25) is 14.7 Å². The van der Waals surface area contributed by atoms with Crippen LogP contribution in [0, 0.1) is 0 Å². The smallest absolute Gasteiger partial charge is 0.321 e. The molecule has 0 atom stereocenters. The normalized spacial score (nSPS) is 15.0. The van der Waals surface area contributed by atoms with Crippen LogP contribution in [-0.4, -0.2) is 35.0 Å². The summed E-state index contributed by atoms with van der Waals surface area (Å²) in [4.78, 5) is 36.2. The summed E-state index contributed by atoms with van der Waals surface area (Å²) in [7, 11) is 0. The summed E-state index contributed by atoms with van der Waals surface area (Å²) >= 11 is 0. The predicted molar refractivity (Wildman–Crippen MR) is 135 cm³/mol.